The molecule has 18 heavy (non-hydrogen) atoms. The van der Waals surface area contributed by atoms with Gasteiger partial charge in [-0.1, -0.05) is 44.5 Å². The molecule has 2 atom stereocenters. The lowest BCUT2D eigenvalue weighted by Gasteiger charge is -2.24. The number of nitrogens with one attached hydrogen (secondary N) is 1. The zero-order chi connectivity index (χ0) is 13.5. The first-order valence-electron chi connectivity index (χ1n) is 6.76. The molecule has 0 fully saturated rings. The highest BCUT2D eigenvalue weighted by molar-refractivity contribution is 6.31. The van der Waals surface area contributed by atoms with E-state index in [1.807, 2.05) is 6.07 Å². The van der Waals surface area contributed by atoms with Crippen LogP contribution < -0.4 is 5.32 Å². The van der Waals surface area contributed by atoms with Crippen LogP contribution in [0.5, 0.6) is 0 Å². The third kappa shape index (κ3) is 4.25. The average molecular weight is 272 g/mol. The predicted octanol–water partition coefficient (Wildman–Crippen LogP) is 4.44. The van der Waals surface area contributed by atoms with Gasteiger partial charge in [0, 0.05) is 6.04 Å². The Morgan fingerprint density at radius 2 is 2.06 bits per heavy atom. The van der Waals surface area contributed by atoms with Gasteiger partial charge in [-0.3, -0.25) is 0 Å². The van der Waals surface area contributed by atoms with Crippen molar-refractivity contribution >= 4 is 11.6 Å². The molecule has 0 saturated heterocycles. The van der Waals surface area contributed by atoms with E-state index in [-0.39, 0.29) is 10.8 Å². The zero-order valence-electron chi connectivity index (χ0n) is 11.5. The second-order valence-corrected chi connectivity index (χ2v) is 5.24. The standard InChI is InChI=1S/C15H23ClFN/c1-4-9-18-14(5-2)11(3)10-12-7-6-8-13(17)15(12)16/h6-8,11,14,18H,4-5,9-10H2,1-3H3. The highest BCUT2D eigenvalue weighted by atomic mass is 35.5. The highest BCUT2D eigenvalue weighted by Gasteiger charge is 2.17. The van der Waals surface area contributed by atoms with Gasteiger partial charge in [0.25, 0.3) is 0 Å². The third-order valence-electron chi connectivity index (χ3n) is 3.36. The molecule has 1 aromatic rings. The Labute approximate surface area is 115 Å². The Hall–Kier alpha value is -0.600. The molecule has 0 heterocycles. The van der Waals surface area contributed by atoms with Gasteiger partial charge in [-0.2, -0.15) is 0 Å². The Kier molecular flexibility index (Phi) is 6.66. The van der Waals surface area contributed by atoms with E-state index in [4.69, 9.17) is 11.6 Å². The molecule has 0 aliphatic carbocycles. The minimum absolute atomic E-state index is 0.273. The molecule has 0 spiro atoms. The molecule has 0 bridgehead atoms. The summed E-state index contributed by atoms with van der Waals surface area (Å²) in [7, 11) is 0. The van der Waals surface area contributed by atoms with E-state index in [2.05, 4.69) is 26.1 Å². The minimum Gasteiger partial charge on any atom is -0.314 e. The van der Waals surface area contributed by atoms with E-state index in [1.165, 1.54) is 6.07 Å². The summed E-state index contributed by atoms with van der Waals surface area (Å²) in [5, 5.41) is 3.81. The molecule has 0 amide bonds. The lowest BCUT2D eigenvalue weighted by molar-refractivity contribution is 0.364. The van der Waals surface area contributed by atoms with Crippen LogP contribution in [0.15, 0.2) is 18.2 Å². The van der Waals surface area contributed by atoms with Crippen LogP contribution in [-0.4, -0.2) is 12.6 Å². The van der Waals surface area contributed by atoms with E-state index in [9.17, 15) is 4.39 Å². The summed E-state index contributed by atoms with van der Waals surface area (Å²) in [5.41, 5.74) is 0.904. The summed E-state index contributed by atoms with van der Waals surface area (Å²) < 4.78 is 13.4. The van der Waals surface area contributed by atoms with Crippen LogP contribution in [0.25, 0.3) is 0 Å². The maximum Gasteiger partial charge on any atom is 0.142 e. The van der Waals surface area contributed by atoms with E-state index in [0.717, 1.165) is 31.4 Å². The van der Waals surface area contributed by atoms with Crippen LogP contribution in [0.1, 0.15) is 39.2 Å². The highest BCUT2D eigenvalue weighted by Crippen LogP contribution is 2.24. The quantitative estimate of drug-likeness (QED) is 0.773. The summed E-state index contributed by atoms with van der Waals surface area (Å²) in [5.74, 6) is 0.122. The van der Waals surface area contributed by atoms with Gasteiger partial charge in [0.15, 0.2) is 0 Å². The molecule has 1 rings (SSSR count). The second kappa shape index (κ2) is 7.75. The Morgan fingerprint density at radius 1 is 1.33 bits per heavy atom. The third-order valence-corrected chi connectivity index (χ3v) is 3.78. The summed E-state index contributed by atoms with van der Waals surface area (Å²) >= 11 is 5.99. The maximum atomic E-state index is 13.4. The second-order valence-electron chi connectivity index (χ2n) is 4.86. The van der Waals surface area contributed by atoms with Crippen LogP contribution in [0, 0.1) is 11.7 Å². The number of halogens is 2. The first-order chi connectivity index (χ1) is 8.60. The topological polar surface area (TPSA) is 12.0 Å². The smallest absolute Gasteiger partial charge is 0.142 e. The fraction of sp³-hybridized carbons (Fsp3) is 0.600. The molecule has 1 aromatic carbocycles. The molecule has 1 nitrogen and oxygen atoms in total. The van der Waals surface area contributed by atoms with Gasteiger partial charge in [-0.05, 0) is 43.4 Å². The van der Waals surface area contributed by atoms with E-state index < -0.39 is 0 Å². The lowest BCUT2D eigenvalue weighted by atomic mass is 9.92. The van der Waals surface area contributed by atoms with Crippen LogP contribution >= 0.6 is 11.6 Å². The van der Waals surface area contributed by atoms with Gasteiger partial charge in [-0.25, -0.2) is 4.39 Å². The number of rotatable bonds is 7. The summed E-state index contributed by atoms with van der Waals surface area (Å²) in [6.45, 7) is 7.56. The minimum atomic E-state index is -0.323. The SMILES string of the molecule is CCCNC(CC)C(C)Cc1cccc(F)c1Cl. The molecule has 102 valence electrons. The van der Waals surface area contributed by atoms with Crippen LogP contribution in [0.2, 0.25) is 5.02 Å². The summed E-state index contributed by atoms with van der Waals surface area (Å²) in [6, 6.07) is 5.51. The van der Waals surface area contributed by atoms with Crippen molar-refractivity contribution in [3.8, 4) is 0 Å². The monoisotopic (exact) mass is 271 g/mol. The molecule has 1 N–H and O–H groups in total. The summed E-state index contributed by atoms with van der Waals surface area (Å²) in [6.07, 6.45) is 3.02. The summed E-state index contributed by atoms with van der Waals surface area (Å²) in [4.78, 5) is 0. The molecular weight excluding hydrogens is 249 g/mol. The molecular formula is C15H23ClFN. The predicted molar refractivity (Wildman–Crippen MR) is 76.7 cm³/mol. The van der Waals surface area contributed by atoms with Gasteiger partial charge in [0.1, 0.15) is 5.82 Å². The van der Waals surface area contributed by atoms with Crippen molar-refractivity contribution in [2.75, 3.05) is 6.54 Å². The Balaban J connectivity index is 2.67. The molecule has 0 saturated carbocycles. The molecule has 3 heteroatoms. The van der Waals surface area contributed by atoms with Crippen molar-refractivity contribution in [2.24, 2.45) is 5.92 Å². The fourth-order valence-electron chi connectivity index (χ4n) is 2.27. The average Bonchev–Trinajstić information content (AvgIpc) is 2.36. The van der Waals surface area contributed by atoms with Crippen molar-refractivity contribution < 1.29 is 4.39 Å². The van der Waals surface area contributed by atoms with Crippen LogP contribution in [0.3, 0.4) is 0 Å². The fourth-order valence-corrected chi connectivity index (χ4v) is 2.48. The van der Waals surface area contributed by atoms with Crippen molar-refractivity contribution in [3.05, 3.63) is 34.6 Å². The van der Waals surface area contributed by atoms with Crippen LogP contribution in [-0.2, 0) is 6.42 Å². The van der Waals surface area contributed by atoms with Crippen molar-refractivity contribution in [3.63, 3.8) is 0 Å². The van der Waals surface area contributed by atoms with Gasteiger partial charge in [-0.15, -0.1) is 0 Å². The normalized spacial score (nSPS) is 14.5. The van der Waals surface area contributed by atoms with Crippen LogP contribution in [0.4, 0.5) is 4.39 Å². The van der Waals surface area contributed by atoms with Gasteiger partial charge in [0.05, 0.1) is 5.02 Å². The van der Waals surface area contributed by atoms with Gasteiger partial charge >= 0.3 is 0 Å². The van der Waals surface area contributed by atoms with E-state index in [1.54, 1.807) is 6.07 Å². The van der Waals surface area contributed by atoms with Crippen molar-refractivity contribution in [2.45, 2.75) is 46.1 Å². The van der Waals surface area contributed by atoms with E-state index in [0.29, 0.717) is 12.0 Å². The van der Waals surface area contributed by atoms with Crippen molar-refractivity contribution in [1.29, 1.82) is 0 Å². The van der Waals surface area contributed by atoms with Gasteiger partial charge in [0.2, 0.25) is 0 Å². The molecule has 0 aliphatic heterocycles. The van der Waals surface area contributed by atoms with Gasteiger partial charge < -0.3 is 5.32 Å². The number of hydrogen-bond acceptors (Lipinski definition) is 1. The zero-order valence-corrected chi connectivity index (χ0v) is 12.2. The number of benzene rings is 1. The first-order valence-corrected chi connectivity index (χ1v) is 7.14. The lowest BCUT2D eigenvalue weighted by Crippen LogP contribution is -2.35. The maximum absolute atomic E-state index is 13.4. The Bertz CT molecular complexity index is 368. The van der Waals surface area contributed by atoms with E-state index >= 15 is 0 Å². The largest absolute Gasteiger partial charge is 0.314 e. The molecule has 0 radical (unpaired) electrons. The molecule has 2 unspecified atom stereocenters. The number of hydrogen-bond donors (Lipinski definition) is 1. The van der Waals surface area contributed by atoms with Crippen molar-refractivity contribution in [1.82, 2.24) is 5.32 Å². The molecule has 0 aromatic heterocycles. The molecule has 0 aliphatic rings. The first kappa shape index (κ1) is 15.5. The Morgan fingerprint density at radius 3 is 2.67 bits per heavy atom.